The van der Waals surface area contributed by atoms with Crippen LogP contribution in [0.15, 0.2) is 17.2 Å². The van der Waals surface area contributed by atoms with E-state index in [2.05, 4.69) is 30.3 Å². The topological polar surface area (TPSA) is 142 Å². The summed E-state index contributed by atoms with van der Waals surface area (Å²) in [5.41, 5.74) is 2.79. The molecule has 4 rings (SSSR count). The van der Waals surface area contributed by atoms with Crippen molar-refractivity contribution in [2.24, 2.45) is 5.10 Å². The van der Waals surface area contributed by atoms with Gasteiger partial charge in [-0.3, -0.25) is 10.1 Å². The van der Waals surface area contributed by atoms with Crippen LogP contribution >= 0.6 is 0 Å². The summed E-state index contributed by atoms with van der Waals surface area (Å²) in [5, 5.41) is 25.5. The lowest BCUT2D eigenvalue weighted by Crippen LogP contribution is -2.34. The zero-order valence-corrected chi connectivity index (χ0v) is 19.3. The third-order valence-corrected chi connectivity index (χ3v) is 5.84. The van der Waals surface area contributed by atoms with E-state index in [1.807, 2.05) is 0 Å². The SMILES string of the molecule is CCOc1cc(/C=N\Nc2nc(N3CCCCC3)nc(N3CCCCC3)n2)cc([N+](=O)[O-])c1O. The van der Waals surface area contributed by atoms with Crippen LogP contribution in [-0.2, 0) is 0 Å². The van der Waals surface area contributed by atoms with Gasteiger partial charge in [-0.25, -0.2) is 5.43 Å². The van der Waals surface area contributed by atoms with E-state index in [1.54, 1.807) is 6.92 Å². The summed E-state index contributed by atoms with van der Waals surface area (Å²) in [6.07, 6.45) is 8.23. The van der Waals surface area contributed by atoms with E-state index < -0.39 is 16.4 Å². The number of anilines is 3. The van der Waals surface area contributed by atoms with E-state index in [0.29, 0.717) is 23.4 Å². The molecule has 1 aromatic heterocycles. The Morgan fingerprint density at radius 2 is 1.65 bits per heavy atom. The first-order valence-electron chi connectivity index (χ1n) is 11.7. The van der Waals surface area contributed by atoms with Gasteiger partial charge in [0.05, 0.1) is 17.7 Å². The fourth-order valence-electron chi connectivity index (χ4n) is 4.13. The third kappa shape index (κ3) is 5.61. The molecule has 0 unspecified atom stereocenters. The van der Waals surface area contributed by atoms with Gasteiger partial charge in [0, 0.05) is 37.8 Å². The Bertz CT molecular complexity index is 1000. The van der Waals surface area contributed by atoms with Crippen molar-refractivity contribution in [1.82, 2.24) is 15.0 Å². The van der Waals surface area contributed by atoms with E-state index in [0.717, 1.165) is 51.9 Å². The number of ether oxygens (including phenoxy) is 1. The maximum atomic E-state index is 11.3. The smallest absolute Gasteiger partial charge is 0.315 e. The zero-order valence-electron chi connectivity index (χ0n) is 19.3. The number of aromatic nitrogens is 3. The molecule has 2 aromatic rings. The number of nitrogens with zero attached hydrogens (tertiary/aromatic N) is 7. The average Bonchev–Trinajstić information content (AvgIpc) is 2.86. The Morgan fingerprint density at radius 3 is 2.18 bits per heavy atom. The van der Waals surface area contributed by atoms with E-state index in [9.17, 15) is 15.2 Å². The number of piperidine rings is 2. The highest BCUT2D eigenvalue weighted by atomic mass is 16.6. The van der Waals surface area contributed by atoms with E-state index >= 15 is 0 Å². The predicted molar refractivity (Wildman–Crippen MR) is 129 cm³/mol. The number of phenolic OH excluding ortho intramolecular Hbond substituents is 1. The minimum Gasteiger partial charge on any atom is -0.500 e. The number of hydrogen-bond donors (Lipinski definition) is 2. The summed E-state index contributed by atoms with van der Waals surface area (Å²) in [4.78, 5) is 28.9. The molecular formula is C22H30N8O4. The Labute approximate surface area is 197 Å². The van der Waals surface area contributed by atoms with Crippen LogP contribution in [0.4, 0.5) is 23.5 Å². The van der Waals surface area contributed by atoms with Gasteiger partial charge in [0.2, 0.25) is 23.6 Å². The molecule has 2 aliphatic rings. The van der Waals surface area contributed by atoms with Crippen molar-refractivity contribution in [2.75, 3.05) is 48.0 Å². The lowest BCUT2D eigenvalue weighted by atomic mass is 10.1. The maximum Gasteiger partial charge on any atom is 0.315 e. The molecule has 0 radical (unpaired) electrons. The summed E-state index contributed by atoms with van der Waals surface area (Å²) in [6, 6.07) is 2.72. The number of benzene rings is 1. The molecule has 0 aliphatic carbocycles. The number of nitrogens with one attached hydrogen (secondary N) is 1. The van der Waals surface area contributed by atoms with Gasteiger partial charge in [0.1, 0.15) is 0 Å². The van der Waals surface area contributed by atoms with Crippen molar-refractivity contribution in [3.05, 3.63) is 27.8 Å². The van der Waals surface area contributed by atoms with Crippen molar-refractivity contribution in [1.29, 1.82) is 0 Å². The fraction of sp³-hybridized carbons (Fsp3) is 0.545. The Balaban J connectivity index is 1.58. The molecule has 0 spiro atoms. The number of aromatic hydroxyl groups is 1. The van der Waals surface area contributed by atoms with Crippen LogP contribution in [0.2, 0.25) is 0 Å². The molecule has 0 bridgehead atoms. The number of phenols is 1. The van der Waals surface area contributed by atoms with E-state index in [4.69, 9.17) is 9.72 Å². The lowest BCUT2D eigenvalue weighted by Gasteiger charge is -2.30. The maximum absolute atomic E-state index is 11.3. The van der Waals surface area contributed by atoms with Crippen LogP contribution in [0.5, 0.6) is 11.5 Å². The Morgan fingerprint density at radius 1 is 1.06 bits per heavy atom. The van der Waals surface area contributed by atoms with Crippen molar-refractivity contribution >= 4 is 29.7 Å². The molecule has 12 nitrogen and oxygen atoms in total. The highest BCUT2D eigenvalue weighted by Crippen LogP contribution is 2.36. The van der Waals surface area contributed by atoms with Gasteiger partial charge in [0.25, 0.3) is 0 Å². The normalized spacial score (nSPS) is 16.6. The van der Waals surface area contributed by atoms with Gasteiger partial charge in [0.15, 0.2) is 5.75 Å². The molecule has 3 heterocycles. The number of hydrazone groups is 1. The molecule has 34 heavy (non-hydrogen) atoms. The number of nitro groups is 1. The first-order chi connectivity index (χ1) is 16.5. The van der Waals surface area contributed by atoms with Gasteiger partial charge in [-0.1, -0.05) is 0 Å². The van der Waals surface area contributed by atoms with Crippen molar-refractivity contribution in [3.63, 3.8) is 0 Å². The molecule has 0 amide bonds. The monoisotopic (exact) mass is 470 g/mol. The highest BCUT2D eigenvalue weighted by Gasteiger charge is 2.21. The standard InChI is InChI=1S/C22H30N8O4/c1-2-34-18-14-16(13-17(19(18)31)30(32)33)15-23-27-20-24-21(28-9-5-3-6-10-28)26-22(25-20)29-11-7-4-8-12-29/h13-15,31H,2-12H2,1H3,(H,24,25,26,27)/b23-15-. The summed E-state index contributed by atoms with van der Waals surface area (Å²) in [7, 11) is 0. The molecule has 0 saturated carbocycles. The lowest BCUT2D eigenvalue weighted by molar-refractivity contribution is -0.386. The first-order valence-corrected chi connectivity index (χ1v) is 11.7. The third-order valence-electron chi connectivity index (χ3n) is 5.84. The van der Waals surface area contributed by atoms with Gasteiger partial charge >= 0.3 is 5.69 Å². The van der Waals surface area contributed by atoms with Crippen molar-refractivity contribution in [3.8, 4) is 11.5 Å². The van der Waals surface area contributed by atoms with E-state index in [-0.39, 0.29) is 12.4 Å². The van der Waals surface area contributed by atoms with Crippen molar-refractivity contribution < 1.29 is 14.8 Å². The largest absolute Gasteiger partial charge is 0.500 e. The zero-order chi connectivity index (χ0) is 23.9. The summed E-state index contributed by atoms with van der Waals surface area (Å²) in [6.45, 7) is 5.61. The molecule has 12 heteroatoms. The van der Waals surface area contributed by atoms with Crippen LogP contribution in [0.25, 0.3) is 0 Å². The fourth-order valence-corrected chi connectivity index (χ4v) is 4.13. The Hall–Kier alpha value is -3.70. The first kappa shape index (κ1) is 23.5. The summed E-state index contributed by atoms with van der Waals surface area (Å²) < 4.78 is 5.32. The van der Waals surface area contributed by atoms with E-state index in [1.165, 1.54) is 31.2 Å². The highest BCUT2D eigenvalue weighted by molar-refractivity contribution is 5.83. The Kier molecular flexibility index (Phi) is 7.55. The van der Waals surface area contributed by atoms with Gasteiger partial charge in [-0.2, -0.15) is 20.1 Å². The molecular weight excluding hydrogens is 440 g/mol. The minimum atomic E-state index is -0.662. The van der Waals surface area contributed by atoms with Gasteiger partial charge < -0.3 is 19.6 Å². The van der Waals surface area contributed by atoms with Crippen LogP contribution in [0.1, 0.15) is 51.0 Å². The molecule has 1 aromatic carbocycles. The van der Waals surface area contributed by atoms with Crippen LogP contribution in [-0.4, -0.2) is 64.0 Å². The quantitative estimate of drug-likeness (QED) is 0.335. The second kappa shape index (κ2) is 10.9. The number of rotatable bonds is 8. The molecule has 0 atom stereocenters. The second-order valence-corrected chi connectivity index (χ2v) is 8.30. The average molecular weight is 471 g/mol. The van der Waals surface area contributed by atoms with Crippen LogP contribution < -0.4 is 20.0 Å². The van der Waals surface area contributed by atoms with Gasteiger partial charge in [-0.15, -0.1) is 0 Å². The number of hydrogen-bond acceptors (Lipinski definition) is 11. The number of nitro benzene ring substituents is 1. The van der Waals surface area contributed by atoms with Crippen LogP contribution in [0, 0.1) is 10.1 Å². The van der Waals surface area contributed by atoms with Gasteiger partial charge in [-0.05, 0) is 51.5 Å². The summed E-state index contributed by atoms with van der Waals surface area (Å²) in [5.74, 6) is 1.09. The minimum absolute atomic E-state index is 0.0260. The van der Waals surface area contributed by atoms with Crippen molar-refractivity contribution in [2.45, 2.75) is 45.4 Å². The molecule has 2 aliphatic heterocycles. The molecule has 2 saturated heterocycles. The second-order valence-electron chi connectivity index (χ2n) is 8.30. The molecule has 2 fully saturated rings. The molecule has 2 N–H and O–H groups in total. The summed E-state index contributed by atoms with van der Waals surface area (Å²) >= 11 is 0. The molecule has 182 valence electrons. The predicted octanol–water partition coefficient (Wildman–Crippen LogP) is 3.31. The van der Waals surface area contributed by atoms with Crippen LogP contribution in [0.3, 0.4) is 0 Å².